The zero-order valence-corrected chi connectivity index (χ0v) is 17.7. The van der Waals surface area contributed by atoms with E-state index in [1.165, 1.54) is 24.0 Å². The van der Waals surface area contributed by atoms with Crippen molar-refractivity contribution in [1.82, 2.24) is 4.90 Å². The molecule has 0 radical (unpaired) electrons. The average Bonchev–Trinajstić information content (AvgIpc) is 2.93. The summed E-state index contributed by atoms with van der Waals surface area (Å²) in [6.07, 6.45) is 5.56. The lowest BCUT2D eigenvalue weighted by Crippen LogP contribution is -2.36. The van der Waals surface area contributed by atoms with E-state index in [9.17, 15) is 13.2 Å². The molecule has 1 saturated heterocycles. The molecule has 3 rings (SSSR count). The molecule has 1 N–H and O–H groups in total. The average molecular weight is 417 g/mol. The van der Waals surface area contributed by atoms with Crippen LogP contribution in [0.5, 0.6) is 5.75 Å². The third-order valence-corrected chi connectivity index (χ3v) is 6.41. The van der Waals surface area contributed by atoms with E-state index in [1.54, 1.807) is 19.2 Å². The first-order chi connectivity index (χ1) is 13.9. The van der Waals surface area contributed by atoms with Crippen molar-refractivity contribution in [3.63, 3.8) is 0 Å². The van der Waals surface area contributed by atoms with Crippen molar-refractivity contribution in [3.05, 3.63) is 54.1 Å². The fraction of sp³-hybridized carbons (Fsp3) is 0.409. The van der Waals surface area contributed by atoms with E-state index in [1.807, 2.05) is 12.1 Å². The maximum atomic E-state index is 12.7. The predicted molar refractivity (Wildman–Crippen MR) is 114 cm³/mol. The third kappa shape index (κ3) is 5.81. The molecule has 0 saturated carbocycles. The highest BCUT2D eigenvalue weighted by Crippen LogP contribution is 2.31. The maximum absolute atomic E-state index is 12.7. The zero-order valence-electron chi connectivity index (χ0n) is 16.9. The zero-order chi connectivity index (χ0) is 20.9. The van der Waals surface area contributed by atoms with Crippen LogP contribution in [0.2, 0.25) is 0 Å². The third-order valence-electron chi connectivity index (χ3n) is 5.28. The molecule has 6 nitrogen and oxygen atoms in total. The lowest BCUT2D eigenvalue weighted by atomic mass is 10.0. The normalized spacial score (nSPS) is 18.1. The number of benzene rings is 2. The Balaban J connectivity index is 1.68. The van der Waals surface area contributed by atoms with Crippen LogP contribution in [0, 0.1) is 0 Å². The van der Waals surface area contributed by atoms with Gasteiger partial charge in [-0.3, -0.25) is 9.69 Å². The van der Waals surface area contributed by atoms with Crippen LogP contribution < -0.4 is 10.1 Å². The molecule has 0 bridgehead atoms. The van der Waals surface area contributed by atoms with Crippen LogP contribution in [-0.4, -0.2) is 45.7 Å². The van der Waals surface area contributed by atoms with E-state index < -0.39 is 9.84 Å². The van der Waals surface area contributed by atoms with Gasteiger partial charge in [-0.15, -0.1) is 0 Å². The summed E-state index contributed by atoms with van der Waals surface area (Å²) >= 11 is 0. The van der Waals surface area contributed by atoms with Crippen LogP contribution in [-0.2, 0) is 14.6 Å². The standard InChI is InChI=1S/C22H28N2O4S/c1-28-19-11-7-17(8-12-19)21-6-4-3-5-15-24(21)16-22(25)23-18-9-13-20(14-10-18)29(2,26)27/h7-14,21H,3-6,15-16H2,1-2H3,(H,23,25)/t21-/m1/s1. The second-order valence-electron chi connectivity index (χ2n) is 7.45. The number of likely N-dealkylation sites (tertiary alicyclic amines) is 1. The Hall–Kier alpha value is -2.38. The van der Waals surface area contributed by atoms with Crippen LogP contribution in [0.4, 0.5) is 5.69 Å². The minimum atomic E-state index is -3.25. The Labute approximate surface area is 172 Å². The molecule has 0 unspecified atom stereocenters. The van der Waals surface area contributed by atoms with Crippen LogP contribution in [0.1, 0.15) is 37.3 Å². The smallest absolute Gasteiger partial charge is 0.238 e. The number of carbonyl (C=O) groups is 1. The SMILES string of the molecule is COc1ccc([C@H]2CCCCCN2CC(=O)Nc2ccc(S(C)(=O)=O)cc2)cc1. The Bertz CT molecular complexity index is 924. The lowest BCUT2D eigenvalue weighted by molar-refractivity contribution is -0.117. The molecule has 29 heavy (non-hydrogen) atoms. The van der Waals surface area contributed by atoms with Crippen molar-refractivity contribution in [2.75, 3.05) is 31.8 Å². The number of hydrogen-bond acceptors (Lipinski definition) is 5. The largest absolute Gasteiger partial charge is 0.497 e. The van der Waals surface area contributed by atoms with Gasteiger partial charge in [-0.1, -0.05) is 25.0 Å². The van der Waals surface area contributed by atoms with Gasteiger partial charge in [0.1, 0.15) is 5.75 Å². The van der Waals surface area contributed by atoms with Crippen molar-refractivity contribution in [1.29, 1.82) is 0 Å². The highest BCUT2D eigenvalue weighted by Gasteiger charge is 2.24. The molecule has 2 aromatic rings. The molecule has 1 atom stereocenters. The first-order valence-corrected chi connectivity index (χ1v) is 11.7. The van der Waals surface area contributed by atoms with E-state index in [2.05, 4.69) is 22.3 Å². The summed E-state index contributed by atoms with van der Waals surface area (Å²) in [5, 5.41) is 2.88. The van der Waals surface area contributed by atoms with Crippen molar-refractivity contribution < 1.29 is 17.9 Å². The Kier molecular flexibility index (Phi) is 6.92. The second kappa shape index (κ2) is 9.41. The van der Waals surface area contributed by atoms with Crippen LogP contribution >= 0.6 is 0 Å². The summed E-state index contributed by atoms with van der Waals surface area (Å²) in [6, 6.07) is 14.5. The number of methoxy groups -OCH3 is 1. The predicted octanol–water partition coefficient (Wildman–Crippen LogP) is 3.65. The van der Waals surface area contributed by atoms with E-state index in [0.29, 0.717) is 12.2 Å². The molecular formula is C22H28N2O4S. The van der Waals surface area contributed by atoms with E-state index in [-0.39, 0.29) is 16.8 Å². The first-order valence-electron chi connectivity index (χ1n) is 9.85. The van der Waals surface area contributed by atoms with Crippen molar-refractivity contribution in [2.45, 2.75) is 36.6 Å². The molecule has 156 valence electrons. The van der Waals surface area contributed by atoms with Gasteiger partial charge < -0.3 is 10.1 Å². The van der Waals surface area contributed by atoms with Crippen molar-refractivity contribution in [3.8, 4) is 5.75 Å². The van der Waals surface area contributed by atoms with Crippen LogP contribution in [0.3, 0.4) is 0 Å². The number of anilines is 1. The van der Waals surface area contributed by atoms with Gasteiger partial charge in [-0.05, 0) is 61.3 Å². The van der Waals surface area contributed by atoms with Crippen LogP contribution in [0.25, 0.3) is 0 Å². The molecule has 1 heterocycles. The Morgan fingerprint density at radius 3 is 2.38 bits per heavy atom. The van der Waals surface area contributed by atoms with Gasteiger partial charge in [0.25, 0.3) is 0 Å². The minimum Gasteiger partial charge on any atom is -0.497 e. The van der Waals surface area contributed by atoms with E-state index >= 15 is 0 Å². The monoisotopic (exact) mass is 416 g/mol. The summed E-state index contributed by atoms with van der Waals surface area (Å²) in [7, 11) is -1.60. The molecule has 1 amide bonds. The van der Waals surface area contributed by atoms with Gasteiger partial charge in [0.15, 0.2) is 9.84 Å². The van der Waals surface area contributed by atoms with Crippen LogP contribution in [0.15, 0.2) is 53.4 Å². The molecule has 0 aliphatic carbocycles. The maximum Gasteiger partial charge on any atom is 0.238 e. The number of hydrogen-bond donors (Lipinski definition) is 1. The Morgan fingerprint density at radius 1 is 1.07 bits per heavy atom. The van der Waals surface area contributed by atoms with Crippen molar-refractivity contribution in [2.24, 2.45) is 0 Å². The number of amides is 1. The van der Waals surface area contributed by atoms with Gasteiger partial charge in [-0.2, -0.15) is 0 Å². The summed E-state index contributed by atoms with van der Waals surface area (Å²) in [5.74, 6) is 0.724. The summed E-state index contributed by atoms with van der Waals surface area (Å²) in [5.41, 5.74) is 1.79. The van der Waals surface area contributed by atoms with Gasteiger partial charge in [0, 0.05) is 18.0 Å². The van der Waals surface area contributed by atoms with E-state index in [0.717, 1.165) is 38.0 Å². The van der Waals surface area contributed by atoms with E-state index in [4.69, 9.17) is 4.74 Å². The lowest BCUT2D eigenvalue weighted by Gasteiger charge is -2.29. The highest BCUT2D eigenvalue weighted by molar-refractivity contribution is 7.90. The summed E-state index contributed by atoms with van der Waals surface area (Å²) in [6.45, 7) is 1.17. The quantitative estimate of drug-likeness (QED) is 0.778. The second-order valence-corrected chi connectivity index (χ2v) is 9.47. The fourth-order valence-corrected chi connectivity index (χ4v) is 4.36. The first kappa shape index (κ1) is 21.3. The fourth-order valence-electron chi connectivity index (χ4n) is 3.73. The molecule has 1 aliphatic heterocycles. The number of ether oxygens (including phenoxy) is 1. The molecule has 1 aliphatic rings. The number of nitrogens with zero attached hydrogens (tertiary/aromatic N) is 1. The number of sulfone groups is 1. The van der Waals surface area contributed by atoms with Gasteiger partial charge >= 0.3 is 0 Å². The van der Waals surface area contributed by atoms with Gasteiger partial charge in [0.2, 0.25) is 5.91 Å². The molecule has 7 heteroatoms. The van der Waals surface area contributed by atoms with Crippen molar-refractivity contribution >= 4 is 21.4 Å². The topological polar surface area (TPSA) is 75.7 Å². The molecule has 2 aromatic carbocycles. The molecule has 0 spiro atoms. The number of carbonyl (C=O) groups excluding carboxylic acids is 1. The minimum absolute atomic E-state index is 0.0995. The molecule has 0 aromatic heterocycles. The summed E-state index contributed by atoms with van der Waals surface area (Å²) < 4.78 is 28.4. The molecular weight excluding hydrogens is 388 g/mol. The number of rotatable bonds is 6. The number of nitrogens with one attached hydrogen (secondary N) is 1. The highest BCUT2D eigenvalue weighted by atomic mass is 32.2. The summed E-state index contributed by atoms with van der Waals surface area (Å²) in [4.78, 5) is 15.1. The van der Waals surface area contributed by atoms with Gasteiger partial charge in [-0.25, -0.2) is 8.42 Å². The van der Waals surface area contributed by atoms with Gasteiger partial charge in [0.05, 0.1) is 18.6 Å². The molecule has 1 fully saturated rings. The Morgan fingerprint density at radius 2 is 1.76 bits per heavy atom.